The normalized spacial score (nSPS) is 30.5. The average Bonchev–Trinajstić information content (AvgIpc) is 3.71. The van der Waals surface area contributed by atoms with Crippen molar-refractivity contribution in [1.29, 1.82) is 0 Å². The fourth-order valence-corrected chi connectivity index (χ4v) is 4.38. The number of aliphatic hydroxyl groups excluding tert-OH is 4. The van der Waals surface area contributed by atoms with E-state index in [0.717, 1.165) is 23.4 Å². The van der Waals surface area contributed by atoms with Crippen LogP contribution in [0.2, 0.25) is 0 Å². The number of rotatable bonds is 8. The standard InChI is InChI=1S/C24H32N2O6/c1-13-18(10-14-4-6-16(7-5-14)17-8-9-17)23(25-26(13)11-15-2-3-15)32-24-22(30)21(29)20(28)19(12-27)31-24/h4-7,15,17,19-22,24,27-30H,2-3,8-12H2,1H3/t19-,20-,21+,22-,24?/m1/s1. The van der Waals surface area contributed by atoms with Gasteiger partial charge in [-0.05, 0) is 55.6 Å². The molecule has 3 aliphatic rings. The Labute approximate surface area is 187 Å². The van der Waals surface area contributed by atoms with E-state index in [-0.39, 0.29) is 0 Å². The molecule has 8 heteroatoms. The lowest BCUT2D eigenvalue weighted by Gasteiger charge is -2.39. The molecule has 0 radical (unpaired) electrons. The second-order valence-corrected chi connectivity index (χ2v) is 9.50. The maximum Gasteiger partial charge on any atom is 0.239 e. The molecule has 32 heavy (non-hydrogen) atoms. The van der Waals surface area contributed by atoms with E-state index in [0.29, 0.717) is 24.1 Å². The van der Waals surface area contributed by atoms with Gasteiger partial charge in [0.15, 0.2) is 0 Å². The first kappa shape index (κ1) is 21.9. The first-order valence-electron chi connectivity index (χ1n) is 11.6. The topological polar surface area (TPSA) is 117 Å². The molecule has 1 unspecified atom stereocenters. The van der Waals surface area contributed by atoms with Crippen molar-refractivity contribution in [2.24, 2.45) is 5.92 Å². The highest BCUT2D eigenvalue weighted by Crippen LogP contribution is 2.40. The molecule has 3 fully saturated rings. The molecule has 2 aliphatic carbocycles. The van der Waals surface area contributed by atoms with Crippen LogP contribution in [0.1, 0.15) is 54.0 Å². The van der Waals surface area contributed by atoms with Gasteiger partial charge in [-0.25, -0.2) is 0 Å². The number of ether oxygens (including phenoxy) is 2. The lowest BCUT2D eigenvalue weighted by atomic mass is 9.99. The molecule has 5 rings (SSSR count). The molecule has 2 aromatic rings. The summed E-state index contributed by atoms with van der Waals surface area (Å²) >= 11 is 0. The largest absolute Gasteiger partial charge is 0.443 e. The van der Waals surface area contributed by atoms with Crippen LogP contribution in [0.4, 0.5) is 0 Å². The van der Waals surface area contributed by atoms with Crippen LogP contribution in [0.3, 0.4) is 0 Å². The van der Waals surface area contributed by atoms with Crippen molar-refractivity contribution in [3.05, 3.63) is 46.6 Å². The molecule has 0 bridgehead atoms. The van der Waals surface area contributed by atoms with Crippen molar-refractivity contribution in [3.63, 3.8) is 0 Å². The Morgan fingerprint density at radius 2 is 1.75 bits per heavy atom. The van der Waals surface area contributed by atoms with Crippen LogP contribution >= 0.6 is 0 Å². The zero-order valence-corrected chi connectivity index (χ0v) is 18.3. The molecule has 1 aromatic heterocycles. The monoisotopic (exact) mass is 444 g/mol. The quantitative estimate of drug-likeness (QED) is 0.484. The Bertz CT molecular complexity index is 935. The highest BCUT2D eigenvalue weighted by molar-refractivity contribution is 5.38. The Morgan fingerprint density at radius 3 is 2.38 bits per heavy atom. The lowest BCUT2D eigenvalue weighted by Crippen LogP contribution is -2.60. The van der Waals surface area contributed by atoms with Crippen LogP contribution in [0.15, 0.2) is 24.3 Å². The Morgan fingerprint density at radius 1 is 1.03 bits per heavy atom. The summed E-state index contributed by atoms with van der Waals surface area (Å²) < 4.78 is 13.5. The summed E-state index contributed by atoms with van der Waals surface area (Å²) in [4.78, 5) is 0. The Kier molecular flexibility index (Phi) is 5.98. The number of hydrogen-bond acceptors (Lipinski definition) is 7. The van der Waals surface area contributed by atoms with Crippen molar-refractivity contribution in [2.45, 2.75) is 82.2 Å². The zero-order valence-electron chi connectivity index (χ0n) is 18.3. The predicted octanol–water partition coefficient (Wildman–Crippen LogP) is 1.25. The van der Waals surface area contributed by atoms with E-state index in [1.807, 2.05) is 11.6 Å². The van der Waals surface area contributed by atoms with E-state index < -0.39 is 37.3 Å². The van der Waals surface area contributed by atoms with E-state index >= 15 is 0 Å². The molecular weight excluding hydrogens is 412 g/mol. The molecule has 0 spiro atoms. The molecule has 0 amide bonds. The molecule has 8 nitrogen and oxygen atoms in total. The lowest BCUT2D eigenvalue weighted by molar-refractivity contribution is -0.278. The molecule has 2 heterocycles. The van der Waals surface area contributed by atoms with Crippen LogP contribution in [0.5, 0.6) is 5.88 Å². The third-order valence-corrected chi connectivity index (χ3v) is 6.91. The fourth-order valence-electron chi connectivity index (χ4n) is 4.38. The minimum atomic E-state index is -1.49. The zero-order chi connectivity index (χ0) is 22.4. The minimum absolute atomic E-state index is 0.346. The molecule has 2 saturated carbocycles. The summed E-state index contributed by atoms with van der Waals surface area (Å²) in [5, 5.41) is 44.7. The number of aliphatic hydroxyl groups is 4. The summed E-state index contributed by atoms with van der Waals surface area (Å²) in [7, 11) is 0. The van der Waals surface area contributed by atoms with E-state index in [4.69, 9.17) is 9.47 Å². The molecule has 5 atom stereocenters. The molecule has 4 N–H and O–H groups in total. The number of benzene rings is 1. The highest BCUT2D eigenvalue weighted by atomic mass is 16.7. The van der Waals surface area contributed by atoms with E-state index in [9.17, 15) is 20.4 Å². The fraction of sp³-hybridized carbons (Fsp3) is 0.625. The van der Waals surface area contributed by atoms with Crippen molar-refractivity contribution >= 4 is 0 Å². The van der Waals surface area contributed by atoms with Gasteiger partial charge in [0.05, 0.1) is 6.61 Å². The third-order valence-electron chi connectivity index (χ3n) is 6.91. The van der Waals surface area contributed by atoms with E-state index in [1.54, 1.807) is 0 Å². The minimum Gasteiger partial charge on any atom is -0.443 e. The van der Waals surface area contributed by atoms with Gasteiger partial charge in [0.2, 0.25) is 12.2 Å². The summed E-state index contributed by atoms with van der Waals surface area (Å²) in [5.41, 5.74) is 4.43. The van der Waals surface area contributed by atoms with Gasteiger partial charge < -0.3 is 29.9 Å². The van der Waals surface area contributed by atoms with Gasteiger partial charge in [0, 0.05) is 24.2 Å². The van der Waals surface area contributed by atoms with Crippen LogP contribution in [0.25, 0.3) is 0 Å². The van der Waals surface area contributed by atoms with Crippen molar-refractivity contribution < 1.29 is 29.9 Å². The molecular formula is C24H32N2O6. The van der Waals surface area contributed by atoms with Gasteiger partial charge in [-0.15, -0.1) is 5.10 Å². The second kappa shape index (κ2) is 8.76. The number of aromatic nitrogens is 2. The molecule has 174 valence electrons. The number of nitrogens with zero attached hydrogens (tertiary/aromatic N) is 2. The molecule has 1 aromatic carbocycles. The van der Waals surface area contributed by atoms with E-state index in [1.165, 1.54) is 31.2 Å². The third kappa shape index (κ3) is 4.43. The van der Waals surface area contributed by atoms with Crippen LogP contribution in [-0.2, 0) is 17.7 Å². The Hall–Kier alpha value is -1.97. The highest BCUT2D eigenvalue weighted by Gasteiger charge is 2.45. The van der Waals surface area contributed by atoms with Gasteiger partial charge in [0.25, 0.3) is 0 Å². The van der Waals surface area contributed by atoms with Crippen molar-refractivity contribution in [2.75, 3.05) is 6.61 Å². The smallest absolute Gasteiger partial charge is 0.239 e. The van der Waals surface area contributed by atoms with E-state index in [2.05, 4.69) is 29.4 Å². The van der Waals surface area contributed by atoms with Gasteiger partial charge in [0.1, 0.15) is 24.4 Å². The van der Waals surface area contributed by atoms with Gasteiger partial charge in [-0.2, -0.15) is 0 Å². The summed E-state index contributed by atoms with van der Waals surface area (Å²) in [6.07, 6.45) is -1.10. The second-order valence-electron chi connectivity index (χ2n) is 9.50. The maximum atomic E-state index is 10.4. The van der Waals surface area contributed by atoms with Gasteiger partial charge in [-0.3, -0.25) is 4.68 Å². The van der Waals surface area contributed by atoms with Crippen molar-refractivity contribution in [3.8, 4) is 5.88 Å². The summed E-state index contributed by atoms with van der Waals surface area (Å²) in [6, 6.07) is 8.66. The summed E-state index contributed by atoms with van der Waals surface area (Å²) in [5.74, 6) is 1.68. The van der Waals surface area contributed by atoms with Crippen molar-refractivity contribution in [1.82, 2.24) is 9.78 Å². The first-order valence-corrected chi connectivity index (χ1v) is 11.6. The van der Waals surface area contributed by atoms with Gasteiger partial charge >= 0.3 is 0 Å². The molecule has 1 aliphatic heterocycles. The predicted molar refractivity (Wildman–Crippen MR) is 115 cm³/mol. The SMILES string of the molecule is Cc1c(Cc2ccc(C3CC3)cc2)c(OC2O[C@H](CO)[C@@H](O)[C@H](O)[C@H]2O)nn1CC1CC1. The van der Waals surface area contributed by atoms with Crippen LogP contribution in [0, 0.1) is 12.8 Å². The van der Waals surface area contributed by atoms with Crippen LogP contribution in [-0.4, -0.2) is 67.5 Å². The maximum absolute atomic E-state index is 10.4. The summed E-state index contributed by atoms with van der Waals surface area (Å²) in [6.45, 7) is 2.33. The first-order chi connectivity index (χ1) is 15.4. The Balaban J connectivity index is 1.40. The van der Waals surface area contributed by atoms with Crippen LogP contribution < -0.4 is 4.74 Å². The average molecular weight is 445 g/mol. The number of hydrogen-bond donors (Lipinski definition) is 4. The molecule has 1 saturated heterocycles. The van der Waals surface area contributed by atoms with Gasteiger partial charge in [-0.1, -0.05) is 24.3 Å².